The molecule has 166 valence electrons. The fourth-order valence-corrected chi connectivity index (χ4v) is 3.23. The van der Waals surface area contributed by atoms with E-state index in [-0.39, 0.29) is 18.2 Å². The second kappa shape index (κ2) is 8.86. The number of likely N-dealkylation sites (tertiary alicyclic amines) is 1. The van der Waals surface area contributed by atoms with Crippen LogP contribution in [0.15, 0.2) is 24.3 Å². The molecule has 0 saturated carbocycles. The molecule has 1 fully saturated rings. The Bertz CT molecular complexity index is 997. The average Bonchev–Trinajstić information content (AvgIpc) is 2.69. The molecular weight excluding hydrogens is 420 g/mol. The maximum atomic E-state index is 13.3. The summed E-state index contributed by atoms with van der Waals surface area (Å²) in [6.45, 7) is 3.74. The van der Waals surface area contributed by atoms with Gasteiger partial charge in [0.2, 0.25) is 5.91 Å². The maximum Gasteiger partial charge on any atom is 0.435 e. The summed E-state index contributed by atoms with van der Waals surface area (Å²) >= 11 is 0. The normalized spacial score (nSPS) is 16.7. The van der Waals surface area contributed by atoms with Gasteiger partial charge in [0, 0.05) is 26.1 Å². The number of benzene rings is 1. The number of carbonyl (C=O) groups is 2. The number of rotatable bonds is 4. The third-order valence-electron chi connectivity index (χ3n) is 4.84. The third-order valence-corrected chi connectivity index (χ3v) is 4.84. The van der Waals surface area contributed by atoms with Crippen LogP contribution in [0.1, 0.15) is 41.4 Å². The van der Waals surface area contributed by atoms with E-state index in [2.05, 4.69) is 15.5 Å². The standard InChI is InChI=1S/C20H20F4N4O3/c1-11-8-13(21)5-6-16(11)31-19-15(9-17(26-27-19)20(22,23)24)18(30)25-14-4-3-7-28(10-14)12(2)29/h5-6,8-9,14H,3-4,7,10H2,1-2H3,(H,25,30). The highest BCUT2D eigenvalue weighted by Gasteiger charge is 2.35. The zero-order chi connectivity index (χ0) is 22.8. The molecule has 2 heterocycles. The monoisotopic (exact) mass is 440 g/mol. The molecule has 1 N–H and O–H groups in total. The predicted molar refractivity (Wildman–Crippen MR) is 101 cm³/mol. The van der Waals surface area contributed by atoms with Gasteiger partial charge in [0.1, 0.15) is 17.1 Å². The van der Waals surface area contributed by atoms with E-state index in [1.54, 1.807) is 4.90 Å². The van der Waals surface area contributed by atoms with Crippen LogP contribution in [0.2, 0.25) is 0 Å². The van der Waals surface area contributed by atoms with Crippen LogP contribution in [-0.2, 0) is 11.0 Å². The third kappa shape index (κ3) is 5.47. The lowest BCUT2D eigenvalue weighted by Gasteiger charge is -2.32. The Labute approximate surface area is 175 Å². The lowest BCUT2D eigenvalue weighted by molar-refractivity contribution is -0.141. The number of ether oxygens (including phenoxy) is 1. The van der Waals surface area contributed by atoms with Crippen LogP contribution in [0, 0.1) is 12.7 Å². The first-order valence-electron chi connectivity index (χ1n) is 9.50. The first-order chi connectivity index (χ1) is 14.5. The highest BCUT2D eigenvalue weighted by atomic mass is 19.4. The first-order valence-corrected chi connectivity index (χ1v) is 9.50. The zero-order valence-corrected chi connectivity index (χ0v) is 16.8. The molecule has 1 aliphatic heterocycles. The van der Waals surface area contributed by atoms with Crippen molar-refractivity contribution in [2.75, 3.05) is 13.1 Å². The van der Waals surface area contributed by atoms with Gasteiger partial charge in [-0.15, -0.1) is 10.2 Å². The molecule has 1 aromatic heterocycles. The van der Waals surface area contributed by atoms with Crippen LogP contribution in [0.3, 0.4) is 0 Å². The summed E-state index contributed by atoms with van der Waals surface area (Å²) in [5, 5.41) is 9.20. The summed E-state index contributed by atoms with van der Waals surface area (Å²) in [4.78, 5) is 26.0. The molecule has 7 nitrogen and oxygen atoms in total. The Kier molecular flexibility index (Phi) is 6.42. The van der Waals surface area contributed by atoms with Gasteiger partial charge in [0.15, 0.2) is 5.69 Å². The molecule has 2 aromatic rings. The number of nitrogens with one attached hydrogen (secondary N) is 1. The van der Waals surface area contributed by atoms with Gasteiger partial charge < -0.3 is 15.0 Å². The summed E-state index contributed by atoms with van der Waals surface area (Å²) in [5.41, 5.74) is -1.46. The summed E-state index contributed by atoms with van der Waals surface area (Å²) in [6, 6.07) is 3.68. The maximum absolute atomic E-state index is 13.3. The van der Waals surface area contributed by atoms with Crippen LogP contribution in [0.5, 0.6) is 11.6 Å². The van der Waals surface area contributed by atoms with Crippen molar-refractivity contribution in [3.8, 4) is 11.6 Å². The number of amides is 2. The average molecular weight is 440 g/mol. The SMILES string of the molecule is CC(=O)N1CCCC(NC(=O)c2cc(C(F)(F)F)nnc2Oc2ccc(F)cc2C)C1. The Morgan fingerprint density at radius 1 is 1.23 bits per heavy atom. The number of carbonyl (C=O) groups excluding carboxylic acids is 2. The van der Waals surface area contributed by atoms with E-state index in [0.29, 0.717) is 31.0 Å². The lowest BCUT2D eigenvalue weighted by Crippen LogP contribution is -2.49. The molecule has 1 aliphatic rings. The van der Waals surface area contributed by atoms with Crippen LogP contribution < -0.4 is 10.1 Å². The fraction of sp³-hybridized carbons (Fsp3) is 0.400. The van der Waals surface area contributed by atoms with Crippen LogP contribution in [-0.4, -0.2) is 46.0 Å². The van der Waals surface area contributed by atoms with Crippen molar-refractivity contribution in [3.05, 3.63) is 46.9 Å². The Hall–Kier alpha value is -3.24. The number of aryl methyl sites for hydroxylation is 1. The van der Waals surface area contributed by atoms with E-state index in [1.807, 2.05) is 0 Å². The fourth-order valence-electron chi connectivity index (χ4n) is 3.23. The number of alkyl halides is 3. The molecule has 11 heteroatoms. The van der Waals surface area contributed by atoms with Gasteiger partial charge >= 0.3 is 6.18 Å². The van der Waals surface area contributed by atoms with Gasteiger partial charge in [-0.1, -0.05) is 0 Å². The summed E-state index contributed by atoms with van der Waals surface area (Å²) in [5.74, 6) is -1.84. The molecule has 0 bridgehead atoms. The highest BCUT2D eigenvalue weighted by Crippen LogP contribution is 2.32. The highest BCUT2D eigenvalue weighted by molar-refractivity contribution is 5.96. The predicted octanol–water partition coefficient (Wildman–Crippen LogP) is 3.48. The molecule has 3 rings (SSSR count). The van der Waals surface area contributed by atoms with E-state index in [9.17, 15) is 27.2 Å². The number of hydrogen-bond acceptors (Lipinski definition) is 5. The van der Waals surface area contributed by atoms with E-state index in [0.717, 1.165) is 6.07 Å². The van der Waals surface area contributed by atoms with Crippen molar-refractivity contribution in [1.82, 2.24) is 20.4 Å². The molecule has 31 heavy (non-hydrogen) atoms. The molecule has 0 spiro atoms. The van der Waals surface area contributed by atoms with Crippen molar-refractivity contribution in [3.63, 3.8) is 0 Å². The van der Waals surface area contributed by atoms with E-state index in [1.165, 1.54) is 26.0 Å². The summed E-state index contributed by atoms with van der Waals surface area (Å²) < 4.78 is 58.2. The quantitative estimate of drug-likeness (QED) is 0.736. The molecule has 0 radical (unpaired) electrons. The smallest absolute Gasteiger partial charge is 0.435 e. The minimum Gasteiger partial charge on any atom is -0.437 e. The Morgan fingerprint density at radius 3 is 2.61 bits per heavy atom. The van der Waals surface area contributed by atoms with Gasteiger partial charge in [-0.3, -0.25) is 9.59 Å². The van der Waals surface area contributed by atoms with E-state index < -0.39 is 41.1 Å². The van der Waals surface area contributed by atoms with Crippen LogP contribution in [0.4, 0.5) is 17.6 Å². The number of hydrogen-bond donors (Lipinski definition) is 1. The van der Waals surface area contributed by atoms with Crippen molar-refractivity contribution in [2.45, 2.75) is 38.9 Å². The van der Waals surface area contributed by atoms with Gasteiger partial charge in [-0.2, -0.15) is 13.2 Å². The number of aromatic nitrogens is 2. The van der Waals surface area contributed by atoms with Crippen molar-refractivity contribution >= 4 is 11.8 Å². The molecule has 1 aromatic carbocycles. The van der Waals surface area contributed by atoms with Crippen LogP contribution in [0.25, 0.3) is 0 Å². The van der Waals surface area contributed by atoms with Crippen molar-refractivity contribution < 1.29 is 31.9 Å². The molecule has 0 aliphatic carbocycles. The summed E-state index contributed by atoms with van der Waals surface area (Å²) in [7, 11) is 0. The molecule has 1 unspecified atom stereocenters. The first kappa shape index (κ1) is 22.4. The van der Waals surface area contributed by atoms with Crippen LogP contribution >= 0.6 is 0 Å². The molecule has 2 amide bonds. The number of halogens is 4. The van der Waals surface area contributed by atoms with Gasteiger partial charge in [-0.05, 0) is 49.6 Å². The largest absolute Gasteiger partial charge is 0.437 e. The molecule has 1 saturated heterocycles. The van der Waals surface area contributed by atoms with Gasteiger partial charge in [0.25, 0.3) is 11.8 Å². The van der Waals surface area contributed by atoms with Crippen molar-refractivity contribution in [2.24, 2.45) is 0 Å². The minimum atomic E-state index is -4.82. The number of piperidine rings is 1. The Morgan fingerprint density at radius 2 is 1.97 bits per heavy atom. The minimum absolute atomic E-state index is 0.116. The second-order valence-electron chi connectivity index (χ2n) is 7.24. The van der Waals surface area contributed by atoms with E-state index >= 15 is 0 Å². The zero-order valence-electron chi connectivity index (χ0n) is 16.8. The number of nitrogens with zero attached hydrogens (tertiary/aromatic N) is 3. The van der Waals surface area contributed by atoms with Crippen molar-refractivity contribution in [1.29, 1.82) is 0 Å². The molecule has 1 atom stereocenters. The Balaban J connectivity index is 1.90. The summed E-state index contributed by atoms with van der Waals surface area (Å²) in [6.07, 6.45) is -3.61. The van der Waals surface area contributed by atoms with E-state index in [4.69, 9.17) is 4.74 Å². The topological polar surface area (TPSA) is 84.4 Å². The lowest BCUT2D eigenvalue weighted by atomic mass is 10.1. The second-order valence-corrected chi connectivity index (χ2v) is 7.24. The molecular formula is C20H20F4N4O3. The van der Waals surface area contributed by atoms with Gasteiger partial charge in [0.05, 0.1) is 0 Å². The van der Waals surface area contributed by atoms with Gasteiger partial charge in [-0.25, -0.2) is 4.39 Å².